The molecule has 3 nitrogen and oxygen atoms in total. The van der Waals surface area contributed by atoms with E-state index in [2.05, 4.69) is 10.3 Å². The summed E-state index contributed by atoms with van der Waals surface area (Å²) in [5.74, 6) is 2.31. The fourth-order valence-corrected chi connectivity index (χ4v) is 1.52. The Balaban J connectivity index is 2.12. The maximum Gasteiger partial charge on any atom is 0.132 e. The molecule has 0 spiro atoms. The fraction of sp³-hybridized carbons (Fsp3) is 0.154. The summed E-state index contributed by atoms with van der Waals surface area (Å²) < 4.78 is 5.68. The van der Waals surface area contributed by atoms with Crippen LogP contribution in [-0.2, 0) is 0 Å². The van der Waals surface area contributed by atoms with Gasteiger partial charge in [-0.25, -0.2) is 4.98 Å². The maximum atomic E-state index is 5.81. The Morgan fingerprint density at radius 3 is 2.65 bits per heavy atom. The van der Waals surface area contributed by atoms with Gasteiger partial charge in [0.2, 0.25) is 0 Å². The Labute approximate surface area is 105 Å². The van der Waals surface area contributed by atoms with Gasteiger partial charge in [-0.3, -0.25) is 0 Å². The van der Waals surface area contributed by atoms with E-state index in [1.165, 1.54) is 0 Å². The lowest BCUT2D eigenvalue weighted by atomic mass is 10.3. The number of hydrogen-bond donors (Lipinski definition) is 1. The molecule has 0 amide bonds. The summed E-state index contributed by atoms with van der Waals surface area (Å²) in [5, 5.41) is 3.83. The van der Waals surface area contributed by atoms with E-state index in [9.17, 15) is 0 Å². The van der Waals surface area contributed by atoms with E-state index in [1.54, 1.807) is 18.3 Å². The number of pyridine rings is 1. The molecule has 0 radical (unpaired) electrons. The normalized spacial score (nSPS) is 10.0. The van der Waals surface area contributed by atoms with Gasteiger partial charge in [0.25, 0.3) is 0 Å². The Bertz CT molecular complexity index is 485. The number of benzene rings is 1. The highest BCUT2D eigenvalue weighted by Crippen LogP contribution is 2.24. The summed E-state index contributed by atoms with van der Waals surface area (Å²) in [6.45, 7) is 2.85. The number of aromatic nitrogens is 1. The Morgan fingerprint density at radius 2 is 1.94 bits per heavy atom. The number of hydrogen-bond acceptors (Lipinski definition) is 3. The van der Waals surface area contributed by atoms with Gasteiger partial charge in [0.15, 0.2) is 0 Å². The molecule has 2 aromatic rings. The van der Waals surface area contributed by atoms with Crippen LogP contribution in [0.2, 0.25) is 5.02 Å². The highest BCUT2D eigenvalue weighted by atomic mass is 35.5. The van der Waals surface area contributed by atoms with Crippen LogP contribution in [0.4, 0.5) is 5.82 Å². The quantitative estimate of drug-likeness (QED) is 0.889. The molecule has 1 aromatic heterocycles. The van der Waals surface area contributed by atoms with Gasteiger partial charge in [0.1, 0.15) is 17.3 Å². The van der Waals surface area contributed by atoms with Crippen LogP contribution < -0.4 is 10.1 Å². The van der Waals surface area contributed by atoms with Crippen LogP contribution in [0.25, 0.3) is 0 Å². The average molecular weight is 249 g/mol. The van der Waals surface area contributed by atoms with E-state index < -0.39 is 0 Å². The molecule has 0 bridgehead atoms. The second-order valence-electron chi connectivity index (χ2n) is 3.46. The molecule has 1 aromatic carbocycles. The van der Waals surface area contributed by atoms with Gasteiger partial charge in [-0.1, -0.05) is 11.6 Å². The summed E-state index contributed by atoms with van der Waals surface area (Å²) in [6.07, 6.45) is 1.71. The van der Waals surface area contributed by atoms with Crippen LogP contribution in [0.1, 0.15) is 6.92 Å². The van der Waals surface area contributed by atoms with Gasteiger partial charge in [-0.15, -0.1) is 0 Å². The van der Waals surface area contributed by atoms with Crippen molar-refractivity contribution in [2.45, 2.75) is 6.92 Å². The van der Waals surface area contributed by atoms with E-state index in [-0.39, 0.29) is 0 Å². The summed E-state index contributed by atoms with van der Waals surface area (Å²) in [7, 11) is 0. The average Bonchev–Trinajstić information content (AvgIpc) is 2.33. The van der Waals surface area contributed by atoms with Crippen molar-refractivity contribution in [1.82, 2.24) is 4.98 Å². The maximum absolute atomic E-state index is 5.81. The third-order valence-corrected chi connectivity index (χ3v) is 2.39. The Hall–Kier alpha value is -1.74. The minimum Gasteiger partial charge on any atom is -0.457 e. The smallest absolute Gasteiger partial charge is 0.132 e. The third-order valence-electron chi connectivity index (χ3n) is 2.14. The monoisotopic (exact) mass is 248 g/mol. The third kappa shape index (κ3) is 3.36. The highest BCUT2D eigenvalue weighted by Gasteiger charge is 1.99. The number of ether oxygens (including phenoxy) is 1. The minimum absolute atomic E-state index is 0.695. The molecule has 0 unspecified atom stereocenters. The van der Waals surface area contributed by atoms with E-state index in [1.807, 2.05) is 31.2 Å². The zero-order valence-electron chi connectivity index (χ0n) is 9.48. The lowest BCUT2D eigenvalue weighted by molar-refractivity contribution is 0.482. The van der Waals surface area contributed by atoms with Crippen LogP contribution in [0.3, 0.4) is 0 Å². The topological polar surface area (TPSA) is 34.1 Å². The first kappa shape index (κ1) is 11.7. The first-order valence-corrected chi connectivity index (χ1v) is 5.79. The standard InChI is InChI=1S/C13H13ClN2O/c1-2-15-13-9-12(7-8-16-13)17-11-5-3-10(14)4-6-11/h3-9H,2H2,1H3,(H,15,16). The SMILES string of the molecule is CCNc1cc(Oc2ccc(Cl)cc2)ccn1. The van der Waals surface area contributed by atoms with Crippen LogP contribution in [0.5, 0.6) is 11.5 Å². The largest absolute Gasteiger partial charge is 0.457 e. The van der Waals surface area contributed by atoms with Gasteiger partial charge in [-0.05, 0) is 37.3 Å². The van der Waals surface area contributed by atoms with Crippen LogP contribution in [-0.4, -0.2) is 11.5 Å². The molecule has 0 aliphatic carbocycles. The van der Waals surface area contributed by atoms with Crippen molar-refractivity contribution in [3.05, 3.63) is 47.6 Å². The van der Waals surface area contributed by atoms with Gasteiger partial charge in [0.05, 0.1) is 0 Å². The van der Waals surface area contributed by atoms with Crippen molar-refractivity contribution >= 4 is 17.4 Å². The highest BCUT2D eigenvalue weighted by molar-refractivity contribution is 6.30. The van der Waals surface area contributed by atoms with E-state index in [4.69, 9.17) is 16.3 Å². The number of nitrogens with zero attached hydrogens (tertiary/aromatic N) is 1. The van der Waals surface area contributed by atoms with Crippen molar-refractivity contribution in [1.29, 1.82) is 0 Å². The minimum atomic E-state index is 0.695. The molecule has 0 atom stereocenters. The number of rotatable bonds is 4. The first-order chi connectivity index (χ1) is 8.28. The molecule has 0 aliphatic heterocycles. The second kappa shape index (κ2) is 5.55. The van der Waals surface area contributed by atoms with Gasteiger partial charge < -0.3 is 10.1 Å². The molecule has 0 saturated carbocycles. The molecular weight excluding hydrogens is 236 g/mol. The number of nitrogens with one attached hydrogen (secondary N) is 1. The molecule has 17 heavy (non-hydrogen) atoms. The van der Waals surface area contributed by atoms with Crippen molar-refractivity contribution < 1.29 is 4.74 Å². The predicted octanol–water partition coefficient (Wildman–Crippen LogP) is 3.96. The zero-order valence-corrected chi connectivity index (χ0v) is 10.2. The molecule has 88 valence electrons. The van der Waals surface area contributed by atoms with E-state index >= 15 is 0 Å². The fourth-order valence-electron chi connectivity index (χ4n) is 1.39. The van der Waals surface area contributed by atoms with Gasteiger partial charge in [0, 0.05) is 23.8 Å². The predicted molar refractivity (Wildman–Crippen MR) is 69.9 cm³/mol. The Kier molecular flexibility index (Phi) is 3.83. The number of anilines is 1. The molecule has 1 N–H and O–H groups in total. The van der Waals surface area contributed by atoms with Crippen molar-refractivity contribution in [2.24, 2.45) is 0 Å². The molecule has 0 fully saturated rings. The molecule has 1 heterocycles. The molecule has 0 aliphatic rings. The summed E-state index contributed by atoms with van der Waals surface area (Å²) in [4.78, 5) is 4.17. The molecule has 0 saturated heterocycles. The Morgan fingerprint density at radius 1 is 1.18 bits per heavy atom. The van der Waals surface area contributed by atoms with Crippen molar-refractivity contribution in [3.8, 4) is 11.5 Å². The van der Waals surface area contributed by atoms with E-state index in [0.29, 0.717) is 5.02 Å². The van der Waals surface area contributed by atoms with E-state index in [0.717, 1.165) is 23.9 Å². The molecular formula is C13H13ClN2O. The number of halogens is 1. The summed E-state index contributed by atoms with van der Waals surface area (Å²) >= 11 is 5.81. The van der Waals surface area contributed by atoms with Crippen molar-refractivity contribution in [3.63, 3.8) is 0 Å². The van der Waals surface area contributed by atoms with Crippen LogP contribution >= 0.6 is 11.6 Å². The summed E-state index contributed by atoms with van der Waals surface area (Å²) in [6, 6.07) is 10.9. The second-order valence-corrected chi connectivity index (χ2v) is 3.90. The van der Waals surface area contributed by atoms with Crippen LogP contribution in [0.15, 0.2) is 42.6 Å². The molecule has 4 heteroatoms. The van der Waals surface area contributed by atoms with Gasteiger partial charge >= 0.3 is 0 Å². The zero-order chi connectivity index (χ0) is 12.1. The van der Waals surface area contributed by atoms with Crippen LogP contribution in [0, 0.1) is 0 Å². The molecule has 2 rings (SSSR count). The summed E-state index contributed by atoms with van der Waals surface area (Å²) in [5.41, 5.74) is 0. The first-order valence-electron chi connectivity index (χ1n) is 5.41. The lowest BCUT2D eigenvalue weighted by Crippen LogP contribution is -1.98. The van der Waals surface area contributed by atoms with Gasteiger partial charge in [-0.2, -0.15) is 0 Å². The van der Waals surface area contributed by atoms with Crippen molar-refractivity contribution in [2.75, 3.05) is 11.9 Å². The lowest BCUT2D eigenvalue weighted by Gasteiger charge is -2.07.